The van der Waals surface area contributed by atoms with Gasteiger partial charge in [0, 0.05) is 11.6 Å². The Morgan fingerprint density at radius 2 is 2.13 bits per heavy atom. The fourth-order valence-electron chi connectivity index (χ4n) is 2.38. The number of carbonyl (C=O) groups is 2. The number of nitrogens with one attached hydrogen (secondary N) is 1. The van der Waals surface area contributed by atoms with E-state index in [0.29, 0.717) is 17.5 Å². The summed E-state index contributed by atoms with van der Waals surface area (Å²) in [5.74, 6) is -0.779. The van der Waals surface area contributed by atoms with Crippen LogP contribution in [0.2, 0.25) is 0 Å². The van der Waals surface area contributed by atoms with Crippen molar-refractivity contribution >= 4 is 22.8 Å². The molecule has 0 bridgehead atoms. The molecule has 1 heterocycles. The zero-order chi connectivity index (χ0) is 16.7. The Balaban J connectivity index is 2.19. The molecule has 0 fully saturated rings. The van der Waals surface area contributed by atoms with Crippen LogP contribution in [0.25, 0.3) is 10.9 Å². The number of aromatic nitrogens is 1. The maximum atomic E-state index is 12.5. The molecule has 1 amide bonds. The van der Waals surface area contributed by atoms with Crippen molar-refractivity contribution in [2.45, 2.75) is 25.3 Å². The van der Waals surface area contributed by atoms with Gasteiger partial charge in [-0.2, -0.15) is 0 Å². The van der Waals surface area contributed by atoms with Crippen LogP contribution in [0.4, 0.5) is 0 Å². The number of allylic oxidation sites excluding steroid dienone is 1. The number of pyridine rings is 1. The van der Waals surface area contributed by atoms with E-state index in [-0.39, 0.29) is 5.91 Å². The molecular weight excluding hydrogens is 292 g/mol. The van der Waals surface area contributed by atoms with Crippen LogP contribution in [0.1, 0.15) is 29.6 Å². The number of carbonyl (C=O) groups excluding carboxylic acids is 2. The van der Waals surface area contributed by atoms with Gasteiger partial charge in [-0.1, -0.05) is 24.3 Å². The first kappa shape index (κ1) is 16.7. The molecule has 5 nitrogen and oxygen atoms in total. The topological polar surface area (TPSA) is 68.3 Å². The van der Waals surface area contributed by atoms with E-state index in [2.05, 4.69) is 16.9 Å². The third kappa shape index (κ3) is 4.16. The lowest BCUT2D eigenvalue weighted by Crippen LogP contribution is -2.41. The highest BCUT2D eigenvalue weighted by Gasteiger charge is 2.22. The molecule has 1 N–H and O–H groups in total. The number of fused-ring (bicyclic) bond motifs is 1. The molecule has 0 aliphatic carbocycles. The molecule has 0 unspecified atom stereocenters. The number of rotatable bonds is 7. The highest BCUT2D eigenvalue weighted by Crippen LogP contribution is 2.16. The van der Waals surface area contributed by atoms with E-state index in [1.165, 1.54) is 7.11 Å². The second kappa shape index (κ2) is 8.08. The predicted octanol–water partition coefficient (Wildman–Crippen LogP) is 2.86. The van der Waals surface area contributed by atoms with E-state index in [9.17, 15) is 9.59 Å². The van der Waals surface area contributed by atoms with Gasteiger partial charge >= 0.3 is 5.97 Å². The Morgan fingerprint density at radius 3 is 2.87 bits per heavy atom. The second-order valence-electron chi connectivity index (χ2n) is 5.15. The first-order valence-corrected chi connectivity index (χ1v) is 7.50. The summed E-state index contributed by atoms with van der Waals surface area (Å²) in [7, 11) is 1.31. The van der Waals surface area contributed by atoms with Gasteiger partial charge < -0.3 is 10.1 Å². The van der Waals surface area contributed by atoms with E-state index in [1.54, 1.807) is 24.4 Å². The number of unbranched alkanes of at least 4 members (excludes halogenated alkanes) is 1. The summed E-state index contributed by atoms with van der Waals surface area (Å²) < 4.78 is 4.77. The fraction of sp³-hybridized carbons (Fsp3) is 0.278. The van der Waals surface area contributed by atoms with Crippen LogP contribution in [0.3, 0.4) is 0 Å². The van der Waals surface area contributed by atoms with Crippen molar-refractivity contribution in [2.75, 3.05) is 7.11 Å². The molecule has 0 spiro atoms. The van der Waals surface area contributed by atoms with Gasteiger partial charge in [0.15, 0.2) is 0 Å². The van der Waals surface area contributed by atoms with E-state index in [4.69, 9.17) is 4.74 Å². The van der Waals surface area contributed by atoms with Crippen molar-refractivity contribution in [2.24, 2.45) is 0 Å². The maximum Gasteiger partial charge on any atom is 0.328 e. The van der Waals surface area contributed by atoms with Gasteiger partial charge in [0.05, 0.1) is 18.2 Å². The molecule has 2 aromatic rings. The average molecular weight is 312 g/mol. The van der Waals surface area contributed by atoms with Crippen LogP contribution in [0.5, 0.6) is 0 Å². The number of esters is 1. The molecular formula is C18H20N2O3. The molecule has 0 aliphatic rings. The minimum atomic E-state index is -0.675. The van der Waals surface area contributed by atoms with Crippen LogP contribution < -0.4 is 5.32 Å². The molecule has 5 heteroatoms. The number of hydrogen-bond acceptors (Lipinski definition) is 4. The van der Waals surface area contributed by atoms with Crippen molar-refractivity contribution in [3.63, 3.8) is 0 Å². The fourth-order valence-corrected chi connectivity index (χ4v) is 2.38. The van der Waals surface area contributed by atoms with Gasteiger partial charge in [-0.3, -0.25) is 9.78 Å². The Kier molecular flexibility index (Phi) is 5.86. The number of nitrogens with zero attached hydrogens (tertiary/aromatic N) is 1. The molecule has 0 radical (unpaired) electrons. The molecule has 0 saturated carbocycles. The van der Waals surface area contributed by atoms with Crippen LogP contribution >= 0.6 is 0 Å². The first-order valence-electron chi connectivity index (χ1n) is 7.50. The largest absolute Gasteiger partial charge is 0.467 e. The van der Waals surface area contributed by atoms with Crippen molar-refractivity contribution < 1.29 is 14.3 Å². The van der Waals surface area contributed by atoms with Crippen molar-refractivity contribution in [1.82, 2.24) is 10.3 Å². The van der Waals surface area contributed by atoms with Crippen molar-refractivity contribution in [3.8, 4) is 0 Å². The molecule has 23 heavy (non-hydrogen) atoms. The van der Waals surface area contributed by atoms with Gasteiger partial charge in [-0.15, -0.1) is 6.58 Å². The van der Waals surface area contributed by atoms with Crippen molar-refractivity contribution in [1.29, 1.82) is 0 Å². The number of para-hydroxylation sites is 1. The van der Waals surface area contributed by atoms with Crippen LogP contribution in [0.15, 0.2) is 49.2 Å². The lowest BCUT2D eigenvalue weighted by Gasteiger charge is -2.16. The molecule has 1 aromatic heterocycles. The summed E-state index contributed by atoms with van der Waals surface area (Å²) >= 11 is 0. The molecule has 1 aromatic carbocycles. The lowest BCUT2D eigenvalue weighted by atomic mass is 10.1. The van der Waals surface area contributed by atoms with Crippen LogP contribution in [-0.4, -0.2) is 30.0 Å². The number of hydrogen-bond donors (Lipinski definition) is 1. The zero-order valence-electron chi connectivity index (χ0n) is 13.1. The molecule has 2 rings (SSSR count). The number of benzene rings is 1. The highest BCUT2D eigenvalue weighted by molar-refractivity contribution is 6.06. The van der Waals surface area contributed by atoms with Gasteiger partial charge in [0.25, 0.3) is 5.91 Å². The Bertz CT molecular complexity index is 707. The zero-order valence-corrected chi connectivity index (χ0v) is 13.1. The summed E-state index contributed by atoms with van der Waals surface area (Å²) in [4.78, 5) is 28.7. The summed E-state index contributed by atoms with van der Waals surface area (Å²) in [6.45, 7) is 3.65. The van der Waals surface area contributed by atoms with E-state index < -0.39 is 12.0 Å². The number of ether oxygens (including phenoxy) is 1. The van der Waals surface area contributed by atoms with Gasteiger partial charge in [-0.25, -0.2) is 4.79 Å². The minimum absolute atomic E-state index is 0.330. The second-order valence-corrected chi connectivity index (χ2v) is 5.15. The van der Waals surface area contributed by atoms with Crippen LogP contribution in [-0.2, 0) is 9.53 Å². The minimum Gasteiger partial charge on any atom is -0.467 e. The van der Waals surface area contributed by atoms with Gasteiger partial charge in [0.1, 0.15) is 6.04 Å². The van der Waals surface area contributed by atoms with Gasteiger partial charge in [-0.05, 0) is 31.4 Å². The first-order chi connectivity index (χ1) is 11.2. The Morgan fingerprint density at radius 1 is 1.35 bits per heavy atom. The molecule has 1 atom stereocenters. The quantitative estimate of drug-likeness (QED) is 0.485. The lowest BCUT2D eigenvalue weighted by molar-refractivity contribution is -0.143. The van der Waals surface area contributed by atoms with Crippen LogP contribution in [0, 0.1) is 0 Å². The maximum absolute atomic E-state index is 12.5. The third-order valence-electron chi connectivity index (χ3n) is 3.57. The standard InChI is InChI=1S/C18H20N2O3/c1-3-4-5-11-15(18(22)23-2)20-17(21)14-10-6-8-13-9-7-12-19-16(13)14/h3,6-10,12,15H,1,4-5,11H2,2H3,(H,20,21)/t15-/m1/s1. The van der Waals surface area contributed by atoms with E-state index in [0.717, 1.165) is 18.2 Å². The Hall–Kier alpha value is -2.69. The van der Waals surface area contributed by atoms with E-state index >= 15 is 0 Å². The molecule has 0 aliphatic heterocycles. The summed E-state index contributed by atoms with van der Waals surface area (Å²) in [5.41, 5.74) is 1.06. The van der Waals surface area contributed by atoms with Gasteiger partial charge in [0.2, 0.25) is 0 Å². The summed E-state index contributed by atoms with van der Waals surface area (Å²) in [6, 6.07) is 8.41. The summed E-state index contributed by atoms with van der Waals surface area (Å²) in [6.07, 6.45) is 5.45. The average Bonchev–Trinajstić information content (AvgIpc) is 2.59. The Labute approximate surface area is 135 Å². The van der Waals surface area contributed by atoms with E-state index in [1.807, 2.05) is 18.2 Å². The third-order valence-corrected chi connectivity index (χ3v) is 3.57. The van der Waals surface area contributed by atoms with Crippen molar-refractivity contribution in [3.05, 3.63) is 54.7 Å². The molecule has 120 valence electrons. The molecule has 0 saturated heterocycles. The normalized spacial score (nSPS) is 11.7. The SMILES string of the molecule is C=CCCC[C@@H](NC(=O)c1cccc2cccnc12)C(=O)OC. The highest BCUT2D eigenvalue weighted by atomic mass is 16.5. The predicted molar refractivity (Wildman–Crippen MR) is 89.1 cm³/mol. The smallest absolute Gasteiger partial charge is 0.328 e. The number of amides is 1. The summed E-state index contributed by atoms with van der Waals surface area (Å²) in [5, 5.41) is 3.62. The number of methoxy groups -OCH3 is 1. The monoisotopic (exact) mass is 312 g/mol.